The Morgan fingerprint density at radius 2 is 2.13 bits per heavy atom. The number of carbonyl (C=O) groups is 2. The monoisotopic (exact) mass is 209 g/mol. The van der Waals surface area contributed by atoms with E-state index in [1.807, 2.05) is 0 Å². The van der Waals surface area contributed by atoms with Gasteiger partial charge in [-0.2, -0.15) is 0 Å². The van der Waals surface area contributed by atoms with Crippen LogP contribution in [0.3, 0.4) is 0 Å². The number of aromatic carboxylic acids is 1. The van der Waals surface area contributed by atoms with Gasteiger partial charge < -0.3 is 9.67 Å². The molecule has 1 N–H and O–H groups in total. The quantitative estimate of drug-likeness (QED) is 0.756. The lowest BCUT2D eigenvalue weighted by Gasteiger charge is -2.04. The molecule has 4 nitrogen and oxygen atoms in total. The summed E-state index contributed by atoms with van der Waals surface area (Å²) >= 11 is 0. The summed E-state index contributed by atoms with van der Waals surface area (Å²) in [6.45, 7) is 4.19. The first-order valence-corrected chi connectivity index (χ1v) is 5.00. The van der Waals surface area contributed by atoms with Gasteiger partial charge in [0.25, 0.3) is 0 Å². The topological polar surface area (TPSA) is 59.3 Å². The van der Waals surface area contributed by atoms with E-state index in [-0.39, 0.29) is 11.3 Å². The lowest BCUT2D eigenvalue weighted by molar-refractivity contribution is 0.0696. The van der Waals surface area contributed by atoms with Crippen LogP contribution in [0.15, 0.2) is 12.3 Å². The highest BCUT2D eigenvalue weighted by atomic mass is 16.4. The zero-order valence-corrected chi connectivity index (χ0v) is 8.99. The van der Waals surface area contributed by atoms with Gasteiger partial charge in [0.05, 0.1) is 11.3 Å². The van der Waals surface area contributed by atoms with Crippen molar-refractivity contribution in [3.8, 4) is 0 Å². The van der Waals surface area contributed by atoms with Crippen LogP contribution in [-0.4, -0.2) is 21.4 Å². The lowest BCUT2D eigenvalue weighted by atomic mass is 10.2. The van der Waals surface area contributed by atoms with E-state index in [9.17, 15) is 9.59 Å². The number of carbonyl (C=O) groups excluding carboxylic acids is 1. The summed E-state index contributed by atoms with van der Waals surface area (Å²) < 4.78 is 1.72. The van der Waals surface area contributed by atoms with Crippen molar-refractivity contribution in [2.45, 2.75) is 33.2 Å². The van der Waals surface area contributed by atoms with Crippen molar-refractivity contribution in [3.05, 3.63) is 23.5 Å². The molecule has 0 fully saturated rings. The number of rotatable bonds is 5. The molecule has 0 saturated carbocycles. The Morgan fingerprint density at radius 1 is 1.47 bits per heavy atom. The molecule has 1 rings (SSSR count). The number of carboxylic acid groups (broad SMARTS) is 1. The molecule has 82 valence electrons. The van der Waals surface area contributed by atoms with Crippen molar-refractivity contribution in [3.63, 3.8) is 0 Å². The average Bonchev–Trinajstić information content (AvgIpc) is 2.58. The van der Waals surface area contributed by atoms with Crippen LogP contribution in [0.1, 0.15) is 47.5 Å². The minimum Gasteiger partial charge on any atom is -0.478 e. The Hall–Kier alpha value is -1.58. The third-order valence-electron chi connectivity index (χ3n) is 2.26. The maximum absolute atomic E-state index is 11.3. The van der Waals surface area contributed by atoms with E-state index in [2.05, 4.69) is 6.92 Å². The van der Waals surface area contributed by atoms with Crippen LogP contribution >= 0.6 is 0 Å². The number of hydrogen-bond acceptors (Lipinski definition) is 2. The highest BCUT2D eigenvalue weighted by Crippen LogP contribution is 2.11. The maximum Gasteiger partial charge on any atom is 0.337 e. The molecule has 0 saturated heterocycles. The fourth-order valence-electron chi connectivity index (χ4n) is 1.44. The third-order valence-corrected chi connectivity index (χ3v) is 2.26. The summed E-state index contributed by atoms with van der Waals surface area (Å²) in [6, 6.07) is 1.43. The van der Waals surface area contributed by atoms with Gasteiger partial charge in [-0.15, -0.1) is 0 Å². The van der Waals surface area contributed by atoms with Crippen molar-refractivity contribution in [1.29, 1.82) is 0 Å². The second kappa shape index (κ2) is 4.77. The first-order valence-electron chi connectivity index (χ1n) is 5.00. The average molecular weight is 209 g/mol. The number of hydrogen-bond donors (Lipinski definition) is 1. The Balaban J connectivity index is 3.00. The number of ketones is 1. The molecule has 1 heterocycles. The molecule has 0 aromatic carbocycles. The van der Waals surface area contributed by atoms with Crippen molar-refractivity contribution in [1.82, 2.24) is 4.57 Å². The molecule has 0 aliphatic carbocycles. The van der Waals surface area contributed by atoms with Crippen LogP contribution < -0.4 is 0 Å². The molecule has 1 aromatic heterocycles. The molecule has 0 radical (unpaired) electrons. The summed E-state index contributed by atoms with van der Waals surface area (Å²) in [4.78, 5) is 22.0. The zero-order valence-electron chi connectivity index (χ0n) is 8.99. The molecular weight excluding hydrogens is 194 g/mol. The molecule has 0 unspecified atom stereocenters. The van der Waals surface area contributed by atoms with Crippen molar-refractivity contribution >= 4 is 11.8 Å². The first-order chi connectivity index (χ1) is 7.06. The van der Waals surface area contributed by atoms with Gasteiger partial charge in [0, 0.05) is 19.7 Å². The fourth-order valence-corrected chi connectivity index (χ4v) is 1.44. The van der Waals surface area contributed by atoms with E-state index in [1.54, 1.807) is 4.57 Å². The van der Waals surface area contributed by atoms with E-state index in [4.69, 9.17) is 5.11 Å². The van der Waals surface area contributed by atoms with Gasteiger partial charge in [-0.25, -0.2) is 4.79 Å². The second-order valence-corrected chi connectivity index (χ2v) is 3.52. The highest BCUT2D eigenvalue weighted by molar-refractivity contribution is 5.96. The van der Waals surface area contributed by atoms with E-state index < -0.39 is 5.97 Å². The number of nitrogens with zero attached hydrogens (tertiary/aromatic N) is 1. The van der Waals surface area contributed by atoms with Crippen LogP contribution in [0.25, 0.3) is 0 Å². The molecule has 0 aliphatic rings. The molecule has 0 atom stereocenters. The molecule has 1 aromatic rings. The molecular formula is C11H15NO3. The normalized spacial score (nSPS) is 10.3. The summed E-state index contributed by atoms with van der Waals surface area (Å²) in [7, 11) is 0. The van der Waals surface area contributed by atoms with Crippen LogP contribution in [0.5, 0.6) is 0 Å². The number of Topliss-reactive ketones (excluding diaryl/α,β-unsaturated/α-hetero) is 1. The van der Waals surface area contributed by atoms with E-state index >= 15 is 0 Å². The zero-order chi connectivity index (χ0) is 11.4. The minimum absolute atomic E-state index is 0.0985. The van der Waals surface area contributed by atoms with Crippen molar-refractivity contribution in [2.24, 2.45) is 0 Å². The molecule has 0 bridgehead atoms. The van der Waals surface area contributed by atoms with E-state index in [0.717, 1.165) is 12.8 Å². The Labute approximate surface area is 88.5 Å². The Bertz CT molecular complexity index is 379. The fraction of sp³-hybridized carbons (Fsp3) is 0.455. The van der Waals surface area contributed by atoms with Crippen LogP contribution in [0, 0.1) is 0 Å². The summed E-state index contributed by atoms with van der Waals surface area (Å²) in [5, 5.41) is 8.81. The lowest BCUT2D eigenvalue weighted by Crippen LogP contribution is -2.05. The smallest absolute Gasteiger partial charge is 0.337 e. The second-order valence-electron chi connectivity index (χ2n) is 3.52. The van der Waals surface area contributed by atoms with Gasteiger partial charge in [0.15, 0.2) is 5.78 Å². The molecule has 0 spiro atoms. The van der Waals surface area contributed by atoms with Gasteiger partial charge >= 0.3 is 5.97 Å². The predicted octanol–water partition coefficient (Wildman–Crippen LogP) is 2.19. The number of aryl methyl sites for hydroxylation is 1. The van der Waals surface area contributed by atoms with E-state index in [0.29, 0.717) is 12.2 Å². The number of unbranched alkanes of at least 4 members (excludes halogenated alkanes) is 1. The highest BCUT2D eigenvalue weighted by Gasteiger charge is 2.13. The largest absolute Gasteiger partial charge is 0.478 e. The molecule has 4 heteroatoms. The van der Waals surface area contributed by atoms with Gasteiger partial charge in [-0.3, -0.25) is 4.79 Å². The molecule has 0 amide bonds. The Morgan fingerprint density at radius 3 is 2.60 bits per heavy atom. The predicted molar refractivity (Wildman–Crippen MR) is 56.3 cm³/mol. The van der Waals surface area contributed by atoms with Crippen molar-refractivity contribution in [2.75, 3.05) is 0 Å². The number of carboxylic acids is 1. The van der Waals surface area contributed by atoms with Crippen LogP contribution in [0.2, 0.25) is 0 Å². The van der Waals surface area contributed by atoms with E-state index in [1.165, 1.54) is 19.2 Å². The Kier molecular flexibility index (Phi) is 3.66. The maximum atomic E-state index is 11.3. The van der Waals surface area contributed by atoms with Gasteiger partial charge in [-0.05, 0) is 12.5 Å². The first kappa shape index (κ1) is 11.5. The SMILES string of the molecule is CCCCn1cc(C(=O)O)cc1C(C)=O. The van der Waals surface area contributed by atoms with Gasteiger partial charge in [-0.1, -0.05) is 13.3 Å². The minimum atomic E-state index is -0.993. The standard InChI is InChI=1S/C11H15NO3/c1-3-4-5-12-7-9(11(14)15)6-10(12)8(2)13/h6-7H,3-5H2,1-2H3,(H,14,15). The van der Waals surface area contributed by atoms with Crippen molar-refractivity contribution < 1.29 is 14.7 Å². The summed E-state index contributed by atoms with van der Waals surface area (Å²) in [5.74, 6) is -1.09. The molecule has 0 aliphatic heterocycles. The summed E-state index contributed by atoms with van der Waals surface area (Å²) in [6.07, 6.45) is 3.47. The van der Waals surface area contributed by atoms with Crippen LogP contribution in [-0.2, 0) is 6.54 Å². The number of aromatic nitrogens is 1. The van der Waals surface area contributed by atoms with Crippen LogP contribution in [0.4, 0.5) is 0 Å². The summed E-state index contributed by atoms with van der Waals surface area (Å²) in [5.41, 5.74) is 0.650. The third kappa shape index (κ3) is 2.68. The molecule has 15 heavy (non-hydrogen) atoms. The van der Waals surface area contributed by atoms with Gasteiger partial charge in [0.2, 0.25) is 0 Å². The van der Waals surface area contributed by atoms with Gasteiger partial charge in [0.1, 0.15) is 0 Å².